The predicted octanol–water partition coefficient (Wildman–Crippen LogP) is 5.68. The van der Waals surface area contributed by atoms with E-state index in [-0.39, 0.29) is 25.0 Å². The van der Waals surface area contributed by atoms with Crippen molar-refractivity contribution in [2.45, 2.75) is 25.9 Å². The highest BCUT2D eigenvalue weighted by atomic mass is 16.7. The van der Waals surface area contributed by atoms with E-state index in [4.69, 9.17) is 9.47 Å². The number of ether oxygens (including phenoxy) is 2. The molecule has 1 aliphatic heterocycles. The Labute approximate surface area is 216 Å². The third-order valence-electron chi connectivity index (χ3n) is 6.44. The van der Waals surface area contributed by atoms with Crippen LogP contribution in [0.15, 0.2) is 103 Å². The molecule has 37 heavy (non-hydrogen) atoms. The molecule has 1 unspecified atom stereocenters. The molecular weight excluding hydrogens is 464 g/mol. The number of anilines is 1. The second-order valence-electron chi connectivity index (χ2n) is 8.98. The third kappa shape index (κ3) is 5.64. The van der Waals surface area contributed by atoms with E-state index in [1.807, 2.05) is 91.9 Å². The number of rotatable bonds is 8. The molecule has 1 atom stereocenters. The van der Waals surface area contributed by atoms with Gasteiger partial charge in [0.25, 0.3) is 5.91 Å². The average Bonchev–Trinajstić information content (AvgIpc) is 3.38. The van der Waals surface area contributed by atoms with Crippen LogP contribution < -0.4 is 14.8 Å². The summed E-state index contributed by atoms with van der Waals surface area (Å²) in [6.07, 6.45) is 0.188. The molecule has 0 bridgehead atoms. The summed E-state index contributed by atoms with van der Waals surface area (Å²) in [5, 5.41) is 3.00. The van der Waals surface area contributed by atoms with Crippen LogP contribution in [0, 0.1) is 6.92 Å². The van der Waals surface area contributed by atoms with Crippen molar-refractivity contribution in [3.63, 3.8) is 0 Å². The minimum absolute atomic E-state index is 0.135. The zero-order valence-corrected chi connectivity index (χ0v) is 20.6. The molecule has 0 saturated heterocycles. The molecule has 0 aromatic heterocycles. The number of carbonyl (C=O) groups is 2. The summed E-state index contributed by atoms with van der Waals surface area (Å²) in [6.45, 7) is 2.46. The Morgan fingerprint density at radius 3 is 2.27 bits per heavy atom. The quantitative estimate of drug-likeness (QED) is 0.344. The first-order chi connectivity index (χ1) is 18.1. The number of fused-ring (bicyclic) bond motifs is 1. The average molecular weight is 493 g/mol. The van der Waals surface area contributed by atoms with Crippen LogP contribution in [0.5, 0.6) is 11.5 Å². The molecule has 0 radical (unpaired) electrons. The highest BCUT2D eigenvalue weighted by molar-refractivity contribution is 5.98. The maximum absolute atomic E-state index is 13.9. The number of hydrogen-bond acceptors (Lipinski definition) is 4. The van der Waals surface area contributed by atoms with Gasteiger partial charge in [-0.05, 0) is 41.3 Å². The molecule has 1 aliphatic rings. The minimum Gasteiger partial charge on any atom is -0.454 e. The van der Waals surface area contributed by atoms with Crippen molar-refractivity contribution in [2.24, 2.45) is 0 Å². The molecule has 6 nitrogen and oxygen atoms in total. The number of aryl methyl sites for hydroxylation is 1. The van der Waals surface area contributed by atoms with Crippen molar-refractivity contribution in [3.05, 3.63) is 125 Å². The molecule has 1 heterocycles. The van der Waals surface area contributed by atoms with E-state index in [1.54, 1.807) is 23.1 Å². The summed E-state index contributed by atoms with van der Waals surface area (Å²) in [6, 6.07) is 31.4. The van der Waals surface area contributed by atoms with E-state index in [0.29, 0.717) is 23.7 Å². The van der Waals surface area contributed by atoms with Crippen LogP contribution in [0.2, 0.25) is 0 Å². The molecule has 5 rings (SSSR count). The monoisotopic (exact) mass is 492 g/mol. The third-order valence-corrected chi connectivity index (χ3v) is 6.44. The lowest BCUT2D eigenvalue weighted by atomic mass is 10.0. The zero-order valence-electron chi connectivity index (χ0n) is 20.6. The predicted molar refractivity (Wildman–Crippen MR) is 142 cm³/mol. The Balaban J connectivity index is 1.51. The van der Waals surface area contributed by atoms with Crippen LogP contribution in [-0.4, -0.2) is 23.5 Å². The smallest absolute Gasteiger partial charge is 0.251 e. The van der Waals surface area contributed by atoms with Crippen molar-refractivity contribution in [1.29, 1.82) is 0 Å². The molecule has 0 saturated carbocycles. The van der Waals surface area contributed by atoms with Gasteiger partial charge in [-0.15, -0.1) is 0 Å². The number of nitrogens with one attached hydrogen (secondary N) is 1. The van der Waals surface area contributed by atoms with Crippen molar-refractivity contribution in [2.75, 3.05) is 12.1 Å². The number of amides is 2. The molecule has 1 N–H and O–H groups in total. The van der Waals surface area contributed by atoms with Gasteiger partial charge in [-0.3, -0.25) is 9.59 Å². The highest BCUT2D eigenvalue weighted by Gasteiger charge is 2.32. The van der Waals surface area contributed by atoms with E-state index in [0.717, 1.165) is 22.3 Å². The summed E-state index contributed by atoms with van der Waals surface area (Å²) >= 11 is 0. The second kappa shape index (κ2) is 11.0. The lowest BCUT2D eigenvalue weighted by Crippen LogP contribution is -2.41. The van der Waals surface area contributed by atoms with E-state index in [2.05, 4.69) is 5.32 Å². The van der Waals surface area contributed by atoms with Crippen molar-refractivity contribution in [1.82, 2.24) is 4.90 Å². The van der Waals surface area contributed by atoms with Crippen LogP contribution in [0.4, 0.5) is 5.69 Å². The zero-order chi connectivity index (χ0) is 25.6. The molecule has 2 amide bonds. The molecule has 186 valence electrons. The van der Waals surface area contributed by atoms with E-state index < -0.39 is 6.04 Å². The molecule has 0 aliphatic carbocycles. The number of carbonyl (C=O) groups excluding carboxylic acids is 2. The van der Waals surface area contributed by atoms with Crippen LogP contribution in [0.3, 0.4) is 0 Å². The molecule has 4 aromatic carbocycles. The number of benzene rings is 4. The van der Waals surface area contributed by atoms with Crippen molar-refractivity contribution in [3.8, 4) is 11.5 Å². The van der Waals surface area contributed by atoms with Crippen molar-refractivity contribution < 1.29 is 19.1 Å². The fourth-order valence-electron chi connectivity index (χ4n) is 4.46. The topological polar surface area (TPSA) is 67.9 Å². The molecule has 6 heteroatoms. The van der Waals surface area contributed by atoms with Gasteiger partial charge in [0.05, 0.1) is 6.42 Å². The van der Waals surface area contributed by atoms with Gasteiger partial charge < -0.3 is 19.7 Å². The Hall–Kier alpha value is -4.58. The summed E-state index contributed by atoms with van der Waals surface area (Å²) in [7, 11) is 0. The fraction of sp³-hybridized carbons (Fsp3) is 0.161. The van der Waals surface area contributed by atoms with Gasteiger partial charge in [0.2, 0.25) is 12.7 Å². The van der Waals surface area contributed by atoms with Gasteiger partial charge in [-0.2, -0.15) is 0 Å². The first kappa shape index (κ1) is 24.1. The fourth-order valence-corrected chi connectivity index (χ4v) is 4.46. The normalized spacial score (nSPS) is 12.6. The van der Waals surface area contributed by atoms with Gasteiger partial charge in [0.15, 0.2) is 11.5 Å². The van der Waals surface area contributed by atoms with Gasteiger partial charge in [0, 0.05) is 18.3 Å². The Kier molecular flexibility index (Phi) is 7.17. The maximum atomic E-state index is 13.9. The Morgan fingerprint density at radius 1 is 0.838 bits per heavy atom. The van der Waals surface area contributed by atoms with Crippen LogP contribution in [0.25, 0.3) is 0 Å². The Morgan fingerprint density at radius 2 is 1.51 bits per heavy atom. The van der Waals surface area contributed by atoms with E-state index in [1.165, 1.54) is 0 Å². The van der Waals surface area contributed by atoms with E-state index >= 15 is 0 Å². The lowest BCUT2D eigenvalue weighted by molar-refractivity contribution is -0.139. The summed E-state index contributed by atoms with van der Waals surface area (Å²) < 4.78 is 10.9. The first-order valence-corrected chi connectivity index (χ1v) is 12.2. The van der Waals surface area contributed by atoms with Crippen LogP contribution >= 0.6 is 0 Å². The van der Waals surface area contributed by atoms with Gasteiger partial charge in [-0.25, -0.2) is 0 Å². The SMILES string of the molecule is Cc1ccccc1CN(C(=O)Cc1ccccc1)C(C(=O)Nc1ccc2c(c1)OCO2)c1ccccc1. The van der Waals surface area contributed by atoms with Crippen molar-refractivity contribution >= 4 is 17.5 Å². The largest absolute Gasteiger partial charge is 0.454 e. The molecule has 0 fully saturated rings. The van der Waals surface area contributed by atoms with Gasteiger partial charge in [0.1, 0.15) is 6.04 Å². The maximum Gasteiger partial charge on any atom is 0.251 e. The summed E-state index contributed by atoms with van der Waals surface area (Å²) in [5.74, 6) is 0.770. The molecular formula is C31H28N2O4. The Bertz CT molecular complexity index is 1390. The van der Waals surface area contributed by atoms with Crippen LogP contribution in [-0.2, 0) is 22.6 Å². The first-order valence-electron chi connectivity index (χ1n) is 12.2. The lowest BCUT2D eigenvalue weighted by Gasteiger charge is -2.32. The minimum atomic E-state index is -0.845. The highest BCUT2D eigenvalue weighted by Crippen LogP contribution is 2.35. The number of nitrogens with zero attached hydrogens (tertiary/aromatic N) is 1. The van der Waals surface area contributed by atoms with Crippen LogP contribution in [0.1, 0.15) is 28.3 Å². The molecule has 4 aromatic rings. The molecule has 0 spiro atoms. The number of hydrogen-bond donors (Lipinski definition) is 1. The van der Waals surface area contributed by atoms with Gasteiger partial charge in [-0.1, -0.05) is 84.9 Å². The summed E-state index contributed by atoms with van der Waals surface area (Å²) in [5.41, 5.74) is 4.24. The van der Waals surface area contributed by atoms with E-state index in [9.17, 15) is 9.59 Å². The van der Waals surface area contributed by atoms with Gasteiger partial charge >= 0.3 is 0 Å². The summed E-state index contributed by atoms with van der Waals surface area (Å²) in [4.78, 5) is 29.4. The standard InChI is InChI=1S/C31H28N2O4/c1-22-10-8-9-15-25(22)20-33(29(34)18-23-11-4-2-5-12-23)30(24-13-6-3-7-14-24)31(35)32-26-16-17-27-28(19-26)37-21-36-27/h2-17,19,30H,18,20-21H2,1H3,(H,32,35). The second-order valence-corrected chi connectivity index (χ2v) is 8.98.